The summed E-state index contributed by atoms with van der Waals surface area (Å²) in [5, 5.41) is 0. The molecule has 1 rings (SSSR count). The van der Waals surface area contributed by atoms with Crippen molar-refractivity contribution in [1.82, 2.24) is 0 Å². The molecule has 1 aromatic rings. The van der Waals surface area contributed by atoms with Crippen LogP contribution in [0.3, 0.4) is 0 Å². The lowest BCUT2D eigenvalue weighted by Gasteiger charge is -2.15. The summed E-state index contributed by atoms with van der Waals surface area (Å²) < 4.78 is 45.0. The fourth-order valence-electron chi connectivity index (χ4n) is 1.42. The Bertz CT molecular complexity index is 351. The number of alkyl halides is 3. The zero-order chi connectivity index (χ0) is 13.6. The monoisotopic (exact) mass is 263 g/mol. The van der Waals surface area contributed by atoms with Gasteiger partial charge in [-0.05, 0) is 50.6 Å². The Labute approximate surface area is 104 Å². The number of rotatable bonds is 6. The molecule has 0 spiro atoms. The minimum atomic E-state index is -4.67. The van der Waals surface area contributed by atoms with E-state index >= 15 is 0 Å². The molecule has 0 aliphatic heterocycles. The Morgan fingerprint density at radius 2 is 1.72 bits per heavy atom. The van der Waals surface area contributed by atoms with Crippen LogP contribution < -0.4 is 15.2 Å². The first-order chi connectivity index (χ1) is 8.40. The highest BCUT2D eigenvalue weighted by Gasteiger charge is 2.30. The molecule has 0 amide bonds. The lowest BCUT2D eigenvalue weighted by atomic mass is 10.2. The van der Waals surface area contributed by atoms with Crippen LogP contribution >= 0.6 is 0 Å². The van der Waals surface area contributed by atoms with Gasteiger partial charge in [-0.3, -0.25) is 0 Å². The van der Waals surface area contributed by atoms with Gasteiger partial charge in [-0.25, -0.2) is 0 Å². The predicted octanol–water partition coefficient (Wildman–Crippen LogP) is 3.09. The Hall–Kier alpha value is -1.43. The van der Waals surface area contributed by atoms with Crippen LogP contribution in [-0.4, -0.2) is 19.0 Å². The molecule has 2 N–H and O–H groups in total. The molecule has 1 atom stereocenters. The van der Waals surface area contributed by atoms with Gasteiger partial charge in [0.25, 0.3) is 0 Å². The minimum absolute atomic E-state index is 0.0251. The van der Waals surface area contributed by atoms with Gasteiger partial charge in [-0.15, -0.1) is 13.2 Å². The maximum Gasteiger partial charge on any atom is 0.573 e. The van der Waals surface area contributed by atoms with Gasteiger partial charge < -0.3 is 15.2 Å². The Morgan fingerprint density at radius 1 is 1.17 bits per heavy atom. The van der Waals surface area contributed by atoms with Crippen molar-refractivity contribution >= 4 is 0 Å². The van der Waals surface area contributed by atoms with E-state index in [0.717, 1.165) is 12.8 Å². The van der Waals surface area contributed by atoms with E-state index in [1.807, 2.05) is 6.92 Å². The van der Waals surface area contributed by atoms with Crippen LogP contribution in [0.2, 0.25) is 0 Å². The number of benzene rings is 1. The first-order valence-corrected chi connectivity index (χ1v) is 5.63. The molecule has 0 saturated heterocycles. The minimum Gasteiger partial charge on any atom is -0.491 e. The number of nitrogens with two attached hydrogens (primary N) is 1. The summed E-state index contributed by atoms with van der Waals surface area (Å²) in [7, 11) is 0. The van der Waals surface area contributed by atoms with Gasteiger partial charge in [0.2, 0.25) is 0 Å². The maximum absolute atomic E-state index is 11.9. The van der Waals surface area contributed by atoms with Gasteiger partial charge in [-0.1, -0.05) is 0 Å². The SMILES string of the molecule is CC(CCCN)Oc1ccc(OC(F)(F)F)cc1. The van der Waals surface area contributed by atoms with E-state index in [2.05, 4.69) is 4.74 Å². The molecular formula is C12H16F3NO2. The fraction of sp³-hybridized carbons (Fsp3) is 0.500. The van der Waals surface area contributed by atoms with E-state index in [1.165, 1.54) is 24.3 Å². The molecule has 0 heterocycles. The van der Waals surface area contributed by atoms with Gasteiger partial charge in [0.05, 0.1) is 6.10 Å². The lowest BCUT2D eigenvalue weighted by Crippen LogP contribution is -2.17. The van der Waals surface area contributed by atoms with Crippen LogP contribution in [0.15, 0.2) is 24.3 Å². The molecule has 0 aliphatic carbocycles. The van der Waals surface area contributed by atoms with Crippen molar-refractivity contribution in [2.75, 3.05) is 6.54 Å². The third-order valence-corrected chi connectivity index (χ3v) is 2.21. The second kappa shape index (κ2) is 6.49. The van der Waals surface area contributed by atoms with Crippen molar-refractivity contribution in [3.63, 3.8) is 0 Å². The highest BCUT2D eigenvalue weighted by molar-refractivity contribution is 5.31. The molecule has 0 radical (unpaired) electrons. The normalized spacial score (nSPS) is 13.2. The Morgan fingerprint density at radius 3 is 2.22 bits per heavy atom. The molecule has 0 fully saturated rings. The smallest absolute Gasteiger partial charge is 0.491 e. The second-order valence-electron chi connectivity index (χ2n) is 3.88. The summed E-state index contributed by atoms with van der Waals surface area (Å²) in [6.07, 6.45) is -3.05. The van der Waals surface area contributed by atoms with Gasteiger partial charge in [-0.2, -0.15) is 0 Å². The Balaban J connectivity index is 2.50. The summed E-state index contributed by atoms with van der Waals surface area (Å²) in [4.78, 5) is 0. The van der Waals surface area contributed by atoms with E-state index in [4.69, 9.17) is 10.5 Å². The van der Waals surface area contributed by atoms with Crippen molar-refractivity contribution in [2.24, 2.45) is 5.73 Å². The highest BCUT2D eigenvalue weighted by atomic mass is 19.4. The van der Waals surface area contributed by atoms with Gasteiger partial charge in [0.1, 0.15) is 11.5 Å². The van der Waals surface area contributed by atoms with Crippen LogP contribution in [-0.2, 0) is 0 Å². The average Bonchev–Trinajstić information content (AvgIpc) is 2.27. The maximum atomic E-state index is 11.9. The molecule has 0 saturated carbocycles. The second-order valence-corrected chi connectivity index (χ2v) is 3.88. The Kier molecular flexibility index (Phi) is 5.27. The van der Waals surface area contributed by atoms with Crippen molar-refractivity contribution < 1.29 is 22.6 Å². The van der Waals surface area contributed by atoms with Crippen LogP contribution in [0, 0.1) is 0 Å². The molecule has 0 aromatic heterocycles. The first-order valence-electron chi connectivity index (χ1n) is 5.63. The fourth-order valence-corrected chi connectivity index (χ4v) is 1.42. The summed E-state index contributed by atoms with van der Waals surface area (Å²) in [5.41, 5.74) is 5.37. The largest absolute Gasteiger partial charge is 0.573 e. The molecule has 18 heavy (non-hydrogen) atoms. The molecular weight excluding hydrogens is 247 g/mol. The molecule has 1 unspecified atom stereocenters. The van der Waals surface area contributed by atoms with Crippen LogP contribution in [0.4, 0.5) is 13.2 Å². The van der Waals surface area contributed by atoms with Gasteiger partial charge in [0, 0.05) is 0 Å². The van der Waals surface area contributed by atoms with E-state index < -0.39 is 6.36 Å². The van der Waals surface area contributed by atoms with E-state index in [9.17, 15) is 13.2 Å². The number of hydrogen-bond donors (Lipinski definition) is 1. The van der Waals surface area contributed by atoms with E-state index in [1.54, 1.807) is 0 Å². The van der Waals surface area contributed by atoms with E-state index in [-0.39, 0.29) is 11.9 Å². The molecule has 0 aliphatic rings. The summed E-state index contributed by atoms with van der Waals surface area (Å²) in [6, 6.07) is 5.33. The molecule has 6 heteroatoms. The standard InChI is InChI=1S/C12H16F3NO2/c1-9(3-2-8-16)17-10-4-6-11(7-5-10)18-12(13,14)15/h4-7,9H,2-3,8,16H2,1H3. The molecule has 102 valence electrons. The zero-order valence-corrected chi connectivity index (χ0v) is 10.0. The lowest BCUT2D eigenvalue weighted by molar-refractivity contribution is -0.274. The van der Waals surface area contributed by atoms with Crippen LogP contribution in [0.5, 0.6) is 11.5 Å². The van der Waals surface area contributed by atoms with Crippen molar-refractivity contribution in [3.8, 4) is 11.5 Å². The first kappa shape index (κ1) is 14.6. The molecule has 0 bridgehead atoms. The topological polar surface area (TPSA) is 44.5 Å². The molecule has 1 aromatic carbocycles. The highest BCUT2D eigenvalue weighted by Crippen LogP contribution is 2.25. The predicted molar refractivity (Wildman–Crippen MR) is 61.5 cm³/mol. The number of hydrogen-bond acceptors (Lipinski definition) is 3. The quantitative estimate of drug-likeness (QED) is 0.857. The summed E-state index contributed by atoms with van der Waals surface area (Å²) in [6.45, 7) is 2.47. The summed E-state index contributed by atoms with van der Waals surface area (Å²) in [5.74, 6) is 0.249. The van der Waals surface area contributed by atoms with Crippen LogP contribution in [0.25, 0.3) is 0 Å². The van der Waals surface area contributed by atoms with Crippen molar-refractivity contribution in [2.45, 2.75) is 32.2 Å². The summed E-state index contributed by atoms with van der Waals surface area (Å²) >= 11 is 0. The van der Waals surface area contributed by atoms with Gasteiger partial charge >= 0.3 is 6.36 Å². The van der Waals surface area contributed by atoms with Crippen LogP contribution in [0.1, 0.15) is 19.8 Å². The number of ether oxygens (including phenoxy) is 2. The van der Waals surface area contributed by atoms with Crippen molar-refractivity contribution in [3.05, 3.63) is 24.3 Å². The van der Waals surface area contributed by atoms with Gasteiger partial charge in [0.15, 0.2) is 0 Å². The third-order valence-electron chi connectivity index (χ3n) is 2.21. The third kappa shape index (κ3) is 5.77. The van der Waals surface area contributed by atoms with E-state index in [0.29, 0.717) is 12.3 Å². The molecule has 3 nitrogen and oxygen atoms in total. The van der Waals surface area contributed by atoms with Crippen molar-refractivity contribution in [1.29, 1.82) is 0 Å². The zero-order valence-electron chi connectivity index (χ0n) is 10.0. The average molecular weight is 263 g/mol. The number of halogens is 3.